The van der Waals surface area contributed by atoms with Gasteiger partial charge >= 0.3 is 0 Å². The molecular weight excluding hydrogens is 292 g/mol. The maximum absolute atomic E-state index is 12.7. The summed E-state index contributed by atoms with van der Waals surface area (Å²) in [6.07, 6.45) is 6.93. The SMILES string of the molecule is CCN1CCN(C(=O)c2cnc(C)cn2)C[C@@H]1c1nccn1C. The minimum atomic E-state index is -0.0625. The molecule has 23 heavy (non-hydrogen) atoms. The molecule has 3 rings (SSSR count). The summed E-state index contributed by atoms with van der Waals surface area (Å²) in [7, 11) is 1.99. The molecule has 1 aliphatic heterocycles. The van der Waals surface area contributed by atoms with Crippen LogP contribution in [0, 0.1) is 6.92 Å². The van der Waals surface area contributed by atoms with E-state index in [2.05, 4.69) is 26.8 Å². The van der Waals surface area contributed by atoms with Crippen molar-refractivity contribution in [3.63, 3.8) is 0 Å². The fraction of sp³-hybridized carbons (Fsp3) is 0.500. The lowest BCUT2D eigenvalue weighted by molar-refractivity contribution is 0.0467. The molecule has 1 amide bonds. The van der Waals surface area contributed by atoms with E-state index in [4.69, 9.17) is 0 Å². The molecule has 0 radical (unpaired) electrons. The Morgan fingerprint density at radius 2 is 2.09 bits per heavy atom. The lowest BCUT2D eigenvalue weighted by Gasteiger charge is -2.40. The standard InChI is InChI=1S/C16H22N6O/c1-4-21-7-8-22(11-14(21)15-17-5-6-20(15)3)16(23)13-10-18-12(2)9-19-13/h5-6,9-10,14H,4,7-8,11H2,1-3H3/t14-/m1/s1. The van der Waals surface area contributed by atoms with Crippen molar-refractivity contribution in [2.45, 2.75) is 19.9 Å². The summed E-state index contributed by atoms with van der Waals surface area (Å²) in [6, 6.07) is 0.108. The van der Waals surface area contributed by atoms with E-state index in [1.807, 2.05) is 29.6 Å². The average molecular weight is 314 g/mol. The van der Waals surface area contributed by atoms with E-state index < -0.39 is 0 Å². The van der Waals surface area contributed by atoms with Gasteiger partial charge in [0.1, 0.15) is 11.5 Å². The fourth-order valence-electron chi connectivity index (χ4n) is 2.99. The van der Waals surface area contributed by atoms with Crippen molar-refractivity contribution in [3.05, 3.63) is 42.0 Å². The van der Waals surface area contributed by atoms with Crippen molar-refractivity contribution < 1.29 is 4.79 Å². The maximum atomic E-state index is 12.7. The van der Waals surface area contributed by atoms with Crippen LogP contribution in [0.1, 0.15) is 35.0 Å². The van der Waals surface area contributed by atoms with Gasteiger partial charge in [-0.25, -0.2) is 9.97 Å². The molecule has 1 atom stereocenters. The van der Waals surface area contributed by atoms with Crippen LogP contribution in [0.2, 0.25) is 0 Å². The molecule has 2 aromatic heterocycles. The van der Waals surface area contributed by atoms with Gasteiger partial charge in [-0.05, 0) is 13.5 Å². The molecule has 2 aromatic rings. The van der Waals surface area contributed by atoms with Gasteiger partial charge in [-0.1, -0.05) is 6.92 Å². The highest BCUT2D eigenvalue weighted by Gasteiger charge is 2.32. The zero-order valence-corrected chi connectivity index (χ0v) is 13.8. The summed E-state index contributed by atoms with van der Waals surface area (Å²) in [5, 5.41) is 0. The normalized spacial score (nSPS) is 19.1. The predicted molar refractivity (Wildman–Crippen MR) is 85.9 cm³/mol. The summed E-state index contributed by atoms with van der Waals surface area (Å²) in [5.74, 6) is 0.923. The Morgan fingerprint density at radius 1 is 1.26 bits per heavy atom. The van der Waals surface area contributed by atoms with E-state index >= 15 is 0 Å². The molecule has 1 fully saturated rings. The summed E-state index contributed by atoms with van der Waals surface area (Å²) < 4.78 is 2.02. The first-order valence-electron chi connectivity index (χ1n) is 7.89. The van der Waals surface area contributed by atoms with E-state index in [0.717, 1.165) is 24.6 Å². The minimum Gasteiger partial charge on any atom is -0.337 e. The van der Waals surface area contributed by atoms with Crippen LogP contribution in [-0.4, -0.2) is 61.4 Å². The third-order valence-electron chi connectivity index (χ3n) is 4.34. The second-order valence-electron chi connectivity index (χ2n) is 5.83. The van der Waals surface area contributed by atoms with Gasteiger partial charge < -0.3 is 9.47 Å². The maximum Gasteiger partial charge on any atom is 0.274 e. The van der Waals surface area contributed by atoms with E-state index in [-0.39, 0.29) is 11.9 Å². The van der Waals surface area contributed by atoms with Gasteiger partial charge in [-0.15, -0.1) is 0 Å². The Bertz CT molecular complexity index is 680. The van der Waals surface area contributed by atoms with Gasteiger partial charge in [0.25, 0.3) is 5.91 Å². The topological polar surface area (TPSA) is 67.2 Å². The monoisotopic (exact) mass is 314 g/mol. The van der Waals surface area contributed by atoms with Gasteiger partial charge in [0.2, 0.25) is 0 Å². The first-order chi connectivity index (χ1) is 11.1. The largest absolute Gasteiger partial charge is 0.337 e. The highest BCUT2D eigenvalue weighted by Crippen LogP contribution is 2.24. The number of carbonyl (C=O) groups excluding carboxylic acids is 1. The summed E-state index contributed by atoms with van der Waals surface area (Å²) in [4.78, 5) is 29.7. The van der Waals surface area contributed by atoms with Crippen LogP contribution in [0.25, 0.3) is 0 Å². The van der Waals surface area contributed by atoms with Crippen molar-refractivity contribution >= 4 is 5.91 Å². The second kappa shape index (κ2) is 6.45. The molecule has 0 aliphatic carbocycles. The molecule has 7 nitrogen and oxygen atoms in total. The second-order valence-corrected chi connectivity index (χ2v) is 5.83. The first-order valence-corrected chi connectivity index (χ1v) is 7.89. The summed E-state index contributed by atoms with van der Waals surface area (Å²) >= 11 is 0. The zero-order valence-electron chi connectivity index (χ0n) is 13.8. The molecule has 122 valence electrons. The van der Waals surface area contributed by atoms with E-state index in [1.165, 1.54) is 0 Å². The number of hydrogen-bond donors (Lipinski definition) is 0. The number of amides is 1. The number of piperazine rings is 1. The Morgan fingerprint density at radius 3 is 2.70 bits per heavy atom. The number of aryl methyl sites for hydroxylation is 2. The number of nitrogens with zero attached hydrogens (tertiary/aromatic N) is 6. The molecule has 0 bridgehead atoms. The van der Waals surface area contributed by atoms with Crippen LogP contribution < -0.4 is 0 Å². The lowest BCUT2D eigenvalue weighted by Crippen LogP contribution is -2.51. The quantitative estimate of drug-likeness (QED) is 0.847. The molecule has 3 heterocycles. The molecule has 0 N–H and O–H groups in total. The average Bonchev–Trinajstić information content (AvgIpc) is 3.00. The Hall–Kier alpha value is -2.28. The fourth-order valence-corrected chi connectivity index (χ4v) is 2.99. The molecule has 0 saturated carbocycles. The van der Waals surface area contributed by atoms with Crippen molar-refractivity contribution in [2.75, 3.05) is 26.2 Å². The van der Waals surface area contributed by atoms with Crippen LogP contribution in [0.5, 0.6) is 0 Å². The van der Waals surface area contributed by atoms with Gasteiger partial charge in [0.05, 0.1) is 17.9 Å². The lowest BCUT2D eigenvalue weighted by atomic mass is 10.1. The van der Waals surface area contributed by atoms with E-state index in [9.17, 15) is 4.79 Å². The van der Waals surface area contributed by atoms with Crippen LogP contribution in [0.3, 0.4) is 0 Å². The number of carbonyl (C=O) groups is 1. The zero-order chi connectivity index (χ0) is 16.4. The number of rotatable bonds is 3. The number of imidazole rings is 1. The summed E-state index contributed by atoms with van der Waals surface area (Å²) in [6.45, 7) is 7.08. The molecular formula is C16H22N6O. The van der Waals surface area contributed by atoms with Gasteiger partial charge in [-0.3, -0.25) is 14.7 Å². The first kappa shape index (κ1) is 15.6. The highest BCUT2D eigenvalue weighted by molar-refractivity contribution is 5.92. The van der Waals surface area contributed by atoms with Crippen molar-refractivity contribution in [3.8, 4) is 0 Å². The summed E-state index contributed by atoms with van der Waals surface area (Å²) in [5.41, 5.74) is 1.21. The van der Waals surface area contributed by atoms with Crippen LogP contribution >= 0.6 is 0 Å². The smallest absolute Gasteiger partial charge is 0.274 e. The van der Waals surface area contributed by atoms with Crippen LogP contribution in [0.15, 0.2) is 24.8 Å². The molecule has 1 aliphatic rings. The van der Waals surface area contributed by atoms with E-state index in [1.54, 1.807) is 18.6 Å². The van der Waals surface area contributed by atoms with Crippen LogP contribution in [0.4, 0.5) is 0 Å². The minimum absolute atomic E-state index is 0.0625. The van der Waals surface area contributed by atoms with Gasteiger partial charge in [0.15, 0.2) is 0 Å². The molecule has 7 heteroatoms. The molecule has 0 unspecified atom stereocenters. The van der Waals surface area contributed by atoms with E-state index in [0.29, 0.717) is 18.8 Å². The van der Waals surface area contributed by atoms with Crippen LogP contribution in [-0.2, 0) is 7.05 Å². The Labute approximate surface area is 136 Å². The van der Waals surface area contributed by atoms with Crippen molar-refractivity contribution in [1.29, 1.82) is 0 Å². The predicted octanol–water partition coefficient (Wildman–Crippen LogP) is 1.04. The van der Waals surface area contributed by atoms with Gasteiger partial charge in [-0.2, -0.15) is 0 Å². The van der Waals surface area contributed by atoms with Crippen molar-refractivity contribution in [1.82, 2.24) is 29.3 Å². The Balaban J connectivity index is 1.81. The number of hydrogen-bond acceptors (Lipinski definition) is 5. The van der Waals surface area contributed by atoms with Gasteiger partial charge in [0, 0.05) is 45.3 Å². The highest BCUT2D eigenvalue weighted by atomic mass is 16.2. The number of aromatic nitrogens is 4. The Kier molecular flexibility index (Phi) is 4.38. The molecule has 0 spiro atoms. The van der Waals surface area contributed by atoms with Crippen molar-refractivity contribution in [2.24, 2.45) is 7.05 Å². The molecule has 1 saturated heterocycles. The number of likely N-dealkylation sites (N-methyl/N-ethyl adjacent to an activating group) is 1. The molecule has 0 aromatic carbocycles. The third-order valence-corrected chi connectivity index (χ3v) is 4.34. The third kappa shape index (κ3) is 3.10.